The summed E-state index contributed by atoms with van der Waals surface area (Å²) in [7, 11) is -3.84. The maximum atomic E-state index is 11.3. The summed E-state index contributed by atoms with van der Waals surface area (Å²) in [6, 6.07) is 5.56. The van der Waals surface area contributed by atoms with E-state index >= 15 is 0 Å². The van der Waals surface area contributed by atoms with Gasteiger partial charge in [-0.15, -0.1) is 0 Å². The molecule has 8 heteroatoms. The smallest absolute Gasteiger partial charge is 0.337 e. The standard InChI is InChI=1S/C9H7BrN2O4S/c10-6-1-2-8(7(5-6)9(13)14)12-17(15,16)4-3-11/h1-2,5,12H,4H2,(H,13,14). The largest absolute Gasteiger partial charge is 0.478 e. The van der Waals surface area contributed by atoms with Crippen LogP contribution in [0.15, 0.2) is 22.7 Å². The van der Waals surface area contributed by atoms with Crippen LogP contribution in [0.3, 0.4) is 0 Å². The minimum Gasteiger partial charge on any atom is -0.478 e. The molecule has 0 bridgehead atoms. The molecule has 0 aromatic heterocycles. The molecule has 0 saturated heterocycles. The molecule has 0 heterocycles. The van der Waals surface area contributed by atoms with E-state index in [1.807, 2.05) is 4.72 Å². The minimum atomic E-state index is -3.84. The van der Waals surface area contributed by atoms with Crippen LogP contribution in [0.25, 0.3) is 0 Å². The van der Waals surface area contributed by atoms with Crippen LogP contribution in [0.4, 0.5) is 5.69 Å². The van der Waals surface area contributed by atoms with Crippen LogP contribution in [-0.2, 0) is 10.0 Å². The third kappa shape index (κ3) is 3.72. The summed E-state index contributed by atoms with van der Waals surface area (Å²) in [5.41, 5.74) is -0.267. The summed E-state index contributed by atoms with van der Waals surface area (Å²) in [5.74, 6) is -2.00. The van der Waals surface area contributed by atoms with Gasteiger partial charge in [0.1, 0.15) is 0 Å². The second-order valence-corrected chi connectivity index (χ2v) is 5.65. The third-order valence-corrected chi connectivity index (χ3v) is 3.27. The van der Waals surface area contributed by atoms with E-state index in [-0.39, 0.29) is 11.3 Å². The number of carbonyl (C=O) groups is 1. The van der Waals surface area contributed by atoms with Gasteiger partial charge >= 0.3 is 5.97 Å². The maximum Gasteiger partial charge on any atom is 0.337 e. The van der Waals surface area contributed by atoms with Crippen molar-refractivity contribution in [1.82, 2.24) is 0 Å². The van der Waals surface area contributed by atoms with Gasteiger partial charge in [-0.2, -0.15) is 5.26 Å². The molecule has 0 amide bonds. The van der Waals surface area contributed by atoms with E-state index in [0.717, 1.165) is 0 Å². The quantitative estimate of drug-likeness (QED) is 0.872. The molecule has 0 atom stereocenters. The average molecular weight is 319 g/mol. The average Bonchev–Trinajstić information content (AvgIpc) is 2.20. The summed E-state index contributed by atoms with van der Waals surface area (Å²) < 4.78 is 25.2. The van der Waals surface area contributed by atoms with Gasteiger partial charge in [0.2, 0.25) is 10.0 Å². The molecular weight excluding hydrogens is 312 g/mol. The third-order valence-electron chi connectivity index (χ3n) is 1.73. The Bertz CT molecular complexity index is 592. The predicted molar refractivity (Wildman–Crippen MR) is 64.1 cm³/mol. The van der Waals surface area contributed by atoms with Crippen LogP contribution in [0.1, 0.15) is 10.4 Å². The van der Waals surface area contributed by atoms with Gasteiger partial charge in [0.25, 0.3) is 0 Å². The van der Waals surface area contributed by atoms with Crippen LogP contribution >= 0.6 is 15.9 Å². The summed E-state index contributed by atoms with van der Waals surface area (Å²) in [5, 5.41) is 17.2. The number of rotatable bonds is 4. The lowest BCUT2D eigenvalue weighted by Gasteiger charge is -2.08. The number of nitriles is 1. The van der Waals surface area contributed by atoms with E-state index in [4.69, 9.17) is 10.4 Å². The van der Waals surface area contributed by atoms with Gasteiger partial charge in [0.15, 0.2) is 5.75 Å². The molecule has 17 heavy (non-hydrogen) atoms. The fourth-order valence-corrected chi connectivity index (χ4v) is 2.19. The normalized spacial score (nSPS) is 10.6. The Hall–Kier alpha value is -1.59. The van der Waals surface area contributed by atoms with Crippen LogP contribution in [0.5, 0.6) is 0 Å². The fraction of sp³-hybridized carbons (Fsp3) is 0.111. The van der Waals surface area contributed by atoms with E-state index in [1.165, 1.54) is 24.3 Å². The Morgan fingerprint density at radius 1 is 1.53 bits per heavy atom. The van der Waals surface area contributed by atoms with Crippen molar-refractivity contribution in [1.29, 1.82) is 5.26 Å². The molecule has 1 rings (SSSR count). The summed E-state index contributed by atoms with van der Waals surface area (Å²) >= 11 is 3.08. The maximum absolute atomic E-state index is 11.3. The molecule has 0 saturated carbocycles. The van der Waals surface area contributed by atoms with Gasteiger partial charge in [-0.05, 0) is 18.2 Å². The molecule has 1 aromatic rings. The van der Waals surface area contributed by atoms with E-state index in [2.05, 4.69) is 15.9 Å². The molecule has 2 N–H and O–H groups in total. The van der Waals surface area contributed by atoms with Crippen molar-refractivity contribution < 1.29 is 18.3 Å². The fourth-order valence-electron chi connectivity index (χ4n) is 1.07. The zero-order valence-electron chi connectivity index (χ0n) is 8.34. The minimum absolute atomic E-state index is 0.0732. The van der Waals surface area contributed by atoms with Gasteiger partial charge in [-0.25, -0.2) is 13.2 Å². The van der Waals surface area contributed by atoms with Crippen molar-refractivity contribution in [2.24, 2.45) is 0 Å². The first kappa shape index (κ1) is 13.5. The van der Waals surface area contributed by atoms with Gasteiger partial charge in [0.05, 0.1) is 17.3 Å². The molecular formula is C9H7BrN2O4S. The van der Waals surface area contributed by atoms with Gasteiger partial charge in [-0.3, -0.25) is 4.72 Å². The Morgan fingerprint density at radius 2 is 2.18 bits per heavy atom. The molecule has 0 fully saturated rings. The Morgan fingerprint density at radius 3 is 2.71 bits per heavy atom. The summed E-state index contributed by atoms with van der Waals surface area (Å²) in [6.45, 7) is 0. The molecule has 0 aliphatic carbocycles. The number of nitrogens with one attached hydrogen (secondary N) is 1. The van der Waals surface area contributed by atoms with Gasteiger partial charge in [-0.1, -0.05) is 15.9 Å². The van der Waals surface area contributed by atoms with Crippen LogP contribution in [0, 0.1) is 11.3 Å². The number of halogens is 1. The Kier molecular flexibility index (Phi) is 4.09. The van der Waals surface area contributed by atoms with E-state index in [9.17, 15) is 13.2 Å². The number of nitrogens with zero attached hydrogens (tertiary/aromatic N) is 1. The van der Waals surface area contributed by atoms with E-state index in [0.29, 0.717) is 4.47 Å². The van der Waals surface area contributed by atoms with Crippen molar-refractivity contribution in [2.75, 3.05) is 10.5 Å². The van der Waals surface area contributed by atoms with Crippen LogP contribution < -0.4 is 4.72 Å². The molecule has 90 valence electrons. The first-order valence-electron chi connectivity index (χ1n) is 4.26. The lowest BCUT2D eigenvalue weighted by atomic mass is 10.2. The second kappa shape index (κ2) is 5.16. The molecule has 6 nitrogen and oxygen atoms in total. The lowest BCUT2D eigenvalue weighted by Crippen LogP contribution is -2.17. The van der Waals surface area contributed by atoms with Crippen LogP contribution in [-0.4, -0.2) is 25.2 Å². The first-order valence-corrected chi connectivity index (χ1v) is 6.70. The highest BCUT2D eigenvalue weighted by molar-refractivity contribution is 9.10. The number of anilines is 1. The van der Waals surface area contributed by atoms with Crippen molar-refractivity contribution in [3.05, 3.63) is 28.2 Å². The molecule has 0 radical (unpaired) electrons. The number of carboxylic acid groups (broad SMARTS) is 1. The number of hydrogen-bond donors (Lipinski definition) is 2. The number of hydrogen-bond acceptors (Lipinski definition) is 4. The van der Waals surface area contributed by atoms with Crippen LogP contribution in [0.2, 0.25) is 0 Å². The molecule has 0 unspecified atom stereocenters. The Labute approximate surface area is 106 Å². The summed E-state index contributed by atoms with van der Waals surface area (Å²) in [4.78, 5) is 10.9. The summed E-state index contributed by atoms with van der Waals surface area (Å²) in [6.07, 6.45) is 0. The molecule has 0 aliphatic heterocycles. The number of aromatic carboxylic acids is 1. The zero-order chi connectivity index (χ0) is 13.1. The van der Waals surface area contributed by atoms with Crippen molar-refractivity contribution in [3.8, 4) is 6.07 Å². The monoisotopic (exact) mass is 318 g/mol. The zero-order valence-corrected chi connectivity index (χ0v) is 10.7. The van der Waals surface area contributed by atoms with Crippen molar-refractivity contribution in [3.63, 3.8) is 0 Å². The topological polar surface area (TPSA) is 107 Å². The van der Waals surface area contributed by atoms with Crippen molar-refractivity contribution in [2.45, 2.75) is 0 Å². The Balaban J connectivity index is 3.16. The number of sulfonamides is 1. The molecule has 0 aliphatic rings. The SMILES string of the molecule is N#CCS(=O)(=O)Nc1ccc(Br)cc1C(=O)O. The highest BCUT2D eigenvalue weighted by Crippen LogP contribution is 2.22. The number of carboxylic acids is 1. The molecule has 0 spiro atoms. The first-order chi connectivity index (χ1) is 7.85. The highest BCUT2D eigenvalue weighted by atomic mass is 79.9. The predicted octanol–water partition coefficient (Wildman–Crippen LogP) is 1.41. The van der Waals surface area contributed by atoms with Crippen molar-refractivity contribution >= 4 is 37.6 Å². The second-order valence-electron chi connectivity index (χ2n) is 3.01. The molecule has 1 aromatic carbocycles. The highest BCUT2D eigenvalue weighted by Gasteiger charge is 2.16. The van der Waals surface area contributed by atoms with Gasteiger partial charge in [0, 0.05) is 4.47 Å². The van der Waals surface area contributed by atoms with E-state index < -0.39 is 21.7 Å². The number of benzene rings is 1. The lowest BCUT2D eigenvalue weighted by molar-refractivity contribution is 0.0698. The van der Waals surface area contributed by atoms with Gasteiger partial charge < -0.3 is 5.11 Å². The van der Waals surface area contributed by atoms with E-state index in [1.54, 1.807) is 0 Å².